The highest BCUT2D eigenvalue weighted by molar-refractivity contribution is 6.17. The fourth-order valence-electron chi connectivity index (χ4n) is 2.86. The van der Waals surface area contributed by atoms with E-state index in [4.69, 9.17) is 0 Å². The number of hydrogen-bond donors (Lipinski definition) is 1. The standard InChI is InChI=1S/C15H19N3O/c1-7-9(3)16-13-12(19)10(4)17-14-15(5,6)8(2)11(7)18(13)14/h19H,1-6H3. The first-order chi connectivity index (χ1) is 8.76. The molecular formula is C15H19N3O. The van der Waals surface area contributed by atoms with Crippen LogP contribution in [-0.2, 0) is 0 Å². The molecule has 0 unspecified atom stereocenters. The van der Waals surface area contributed by atoms with E-state index in [1.807, 2.05) is 18.7 Å². The maximum absolute atomic E-state index is 10.3. The third-order valence-electron chi connectivity index (χ3n) is 4.50. The minimum absolute atomic E-state index is 0.135. The maximum atomic E-state index is 10.3. The van der Waals surface area contributed by atoms with Crippen LogP contribution in [0.1, 0.15) is 41.5 Å². The van der Waals surface area contributed by atoms with E-state index in [9.17, 15) is 5.11 Å². The molecule has 0 aromatic heterocycles. The van der Waals surface area contributed by atoms with Gasteiger partial charge in [0.2, 0.25) is 0 Å². The van der Waals surface area contributed by atoms with Gasteiger partial charge >= 0.3 is 0 Å². The van der Waals surface area contributed by atoms with E-state index in [1.54, 1.807) is 0 Å². The van der Waals surface area contributed by atoms with Crippen LogP contribution in [0.25, 0.3) is 0 Å². The Bertz CT molecular complexity index is 657. The lowest BCUT2D eigenvalue weighted by molar-refractivity contribution is 0.419. The largest absolute Gasteiger partial charge is 0.503 e. The van der Waals surface area contributed by atoms with E-state index in [2.05, 4.69) is 37.7 Å². The topological polar surface area (TPSA) is 48.2 Å². The van der Waals surface area contributed by atoms with E-state index in [-0.39, 0.29) is 11.2 Å². The molecule has 3 aliphatic rings. The fraction of sp³-hybridized carbons (Fsp3) is 0.467. The molecule has 0 spiro atoms. The van der Waals surface area contributed by atoms with E-state index >= 15 is 0 Å². The van der Waals surface area contributed by atoms with E-state index in [1.165, 1.54) is 5.57 Å². The first kappa shape index (κ1) is 12.2. The Kier molecular flexibility index (Phi) is 2.17. The quantitative estimate of drug-likeness (QED) is 0.722. The highest BCUT2D eigenvalue weighted by Gasteiger charge is 2.48. The van der Waals surface area contributed by atoms with Crippen LogP contribution in [0.15, 0.2) is 44.0 Å². The van der Waals surface area contributed by atoms with Gasteiger partial charge in [-0.15, -0.1) is 0 Å². The van der Waals surface area contributed by atoms with Gasteiger partial charge < -0.3 is 5.11 Å². The molecule has 0 saturated heterocycles. The van der Waals surface area contributed by atoms with Crippen molar-refractivity contribution in [3.05, 3.63) is 34.0 Å². The molecule has 1 N–H and O–H groups in total. The number of aliphatic hydroxyl groups excluding tert-OH is 1. The zero-order valence-corrected chi connectivity index (χ0v) is 12.3. The second-order valence-corrected chi connectivity index (χ2v) is 5.95. The van der Waals surface area contributed by atoms with Gasteiger partial charge in [-0.2, -0.15) is 0 Å². The normalized spacial score (nSPS) is 24.8. The van der Waals surface area contributed by atoms with Crippen LogP contribution in [0.2, 0.25) is 0 Å². The summed E-state index contributed by atoms with van der Waals surface area (Å²) in [5, 5.41) is 10.3. The van der Waals surface area contributed by atoms with Gasteiger partial charge in [-0.3, -0.25) is 4.90 Å². The van der Waals surface area contributed by atoms with E-state index < -0.39 is 0 Å². The fourth-order valence-corrected chi connectivity index (χ4v) is 2.86. The van der Waals surface area contributed by atoms with Gasteiger partial charge in [0.25, 0.3) is 0 Å². The average Bonchev–Trinajstić information content (AvgIpc) is 2.53. The first-order valence-corrected chi connectivity index (χ1v) is 6.54. The number of allylic oxidation sites excluding steroid dienone is 3. The molecule has 0 atom stereocenters. The second-order valence-electron chi connectivity index (χ2n) is 5.95. The predicted octanol–water partition coefficient (Wildman–Crippen LogP) is 3.51. The molecule has 0 fully saturated rings. The maximum Gasteiger partial charge on any atom is 0.183 e. The van der Waals surface area contributed by atoms with Gasteiger partial charge in [0.1, 0.15) is 5.84 Å². The number of aliphatic imine (C=N–C) groups is 2. The minimum atomic E-state index is -0.135. The number of rotatable bonds is 0. The predicted molar refractivity (Wildman–Crippen MR) is 76.9 cm³/mol. The van der Waals surface area contributed by atoms with Crippen molar-refractivity contribution in [3.63, 3.8) is 0 Å². The first-order valence-electron chi connectivity index (χ1n) is 6.54. The van der Waals surface area contributed by atoms with Gasteiger partial charge in [-0.05, 0) is 52.7 Å². The zero-order chi connectivity index (χ0) is 14.1. The number of nitrogens with zero attached hydrogens (tertiary/aromatic N) is 3. The summed E-state index contributed by atoms with van der Waals surface area (Å²) < 4.78 is 0. The highest BCUT2D eigenvalue weighted by atomic mass is 16.3. The van der Waals surface area contributed by atoms with Gasteiger partial charge in [0, 0.05) is 11.1 Å². The monoisotopic (exact) mass is 257 g/mol. The Morgan fingerprint density at radius 2 is 1.63 bits per heavy atom. The Labute approximate surface area is 113 Å². The summed E-state index contributed by atoms with van der Waals surface area (Å²) in [6, 6.07) is 0. The molecule has 3 rings (SSSR count). The molecule has 100 valence electrons. The SMILES string of the molecule is CC1=C(C)C2=C(C)C(C)(C)C3=NC(C)=C(O)C(=N1)N32. The smallest absolute Gasteiger partial charge is 0.183 e. The molecule has 4 nitrogen and oxygen atoms in total. The highest BCUT2D eigenvalue weighted by Crippen LogP contribution is 2.47. The minimum Gasteiger partial charge on any atom is -0.503 e. The van der Waals surface area contributed by atoms with Crippen molar-refractivity contribution in [3.8, 4) is 0 Å². The van der Waals surface area contributed by atoms with Crippen molar-refractivity contribution in [2.24, 2.45) is 15.4 Å². The van der Waals surface area contributed by atoms with Crippen molar-refractivity contribution in [2.45, 2.75) is 41.5 Å². The number of hydrogen-bond acceptors (Lipinski definition) is 4. The van der Waals surface area contributed by atoms with Crippen LogP contribution in [0.5, 0.6) is 0 Å². The van der Waals surface area contributed by atoms with Crippen LogP contribution < -0.4 is 0 Å². The number of amidine groups is 2. The van der Waals surface area contributed by atoms with Crippen molar-refractivity contribution in [2.75, 3.05) is 0 Å². The Morgan fingerprint density at radius 1 is 1.00 bits per heavy atom. The van der Waals surface area contributed by atoms with Crippen LogP contribution in [-0.4, -0.2) is 21.7 Å². The summed E-state index contributed by atoms with van der Waals surface area (Å²) in [7, 11) is 0. The molecule has 0 radical (unpaired) electrons. The van der Waals surface area contributed by atoms with Crippen molar-refractivity contribution in [1.29, 1.82) is 0 Å². The Morgan fingerprint density at radius 3 is 2.26 bits per heavy atom. The van der Waals surface area contributed by atoms with E-state index in [0.717, 1.165) is 22.8 Å². The van der Waals surface area contributed by atoms with Crippen molar-refractivity contribution >= 4 is 11.7 Å². The lowest BCUT2D eigenvalue weighted by Gasteiger charge is -2.34. The second kappa shape index (κ2) is 3.38. The van der Waals surface area contributed by atoms with Crippen LogP contribution >= 0.6 is 0 Å². The molecule has 0 amide bonds. The molecular weight excluding hydrogens is 238 g/mol. The summed E-state index contributed by atoms with van der Waals surface area (Å²) in [6.45, 7) is 12.4. The van der Waals surface area contributed by atoms with Crippen molar-refractivity contribution < 1.29 is 5.11 Å². The molecule has 0 bridgehead atoms. The van der Waals surface area contributed by atoms with Gasteiger partial charge in [-0.1, -0.05) is 0 Å². The van der Waals surface area contributed by atoms with Gasteiger partial charge in [0.05, 0.1) is 11.4 Å². The van der Waals surface area contributed by atoms with Gasteiger partial charge in [-0.25, -0.2) is 9.98 Å². The molecule has 4 heteroatoms. The molecule has 3 aliphatic heterocycles. The van der Waals surface area contributed by atoms with Crippen LogP contribution in [0.3, 0.4) is 0 Å². The lowest BCUT2D eigenvalue weighted by atomic mass is 9.85. The van der Waals surface area contributed by atoms with Crippen molar-refractivity contribution in [1.82, 2.24) is 4.90 Å². The number of aliphatic hydroxyl groups is 1. The summed E-state index contributed by atoms with van der Waals surface area (Å²) in [4.78, 5) is 11.2. The molecule has 3 heterocycles. The van der Waals surface area contributed by atoms with E-state index in [0.29, 0.717) is 11.5 Å². The Balaban J connectivity index is 2.40. The summed E-state index contributed by atoms with van der Waals surface area (Å²) in [5.41, 5.74) is 5.04. The zero-order valence-electron chi connectivity index (χ0n) is 12.3. The molecule has 0 saturated carbocycles. The third-order valence-corrected chi connectivity index (χ3v) is 4.50. The lowest BCUT2D eigenvalue weighted by Crippen LogP contribution is -2.43. The summed E-state index contributed by atoms with van der Waals surface area (Å²) in [5.74, 6) is 1.75. The molecule has 0 aliphatic carbocycles. The summed E-state index contributed by atoms with van der Waals surface area (Å²) >= 11 is 0. The van der Waals surface area contributed by atoms with Gasteiger partial charge in [0.15, 0.2) is 11.6 Å². The molecule has 0 aromatic carbocycles. The van der Waals surface area contributed by atoms with Crippen LogP contribution in [0.4, 0.5) is 0 Å². The summed E-state index contributed by atoms with van der Waals surface area (Å²) in [6.07, 6.45) is 0. The average molecular weight is 257 g/mol. The molecule has 19 heavy (non-hydrogen) atoms. The Hall–Kier alpha value is -1.84. The third kappa shape index (κ3) is 1.29. The van der Waals surface area contributed by atoms with Crippen LogP contribution in [0, 0.1) is 5.41 Å². The molecule has 0 aromatic rings.